The van der Waals surface area contributed by atoms with Gasteiger partial charge in [-0.05, 0) is 59.3 Å². The van der Waals surface area contributed by atoms with Crippen molar-refractivity contribution in [2.75, 3.05) is 0 Å². The van der Waals surface area contributed by atoms with Crippen molar-refractivity contribution in [3.63, 3.8) is 0 Å². The Kier molecular flexibility index (Phi) is 7.45. The molecule has 1 atom stereocenters. The maximum absolute atomic E-state index is 5.79. The molecule has 22 heavy (non-hydrogen) atoms. The van der Waals surface area contributed by atoms with Crippen molar-refractivity contribution >= 4 is 13.5 Å². The van der Waals surface area contributed by atoms with Gasteiger partial charge in [-0.3, -0.25) is 0 Å². The summed E-state index contributed by atoms with van der Waals surface area (Å²) in [6.07, 6.45) is 2.66. The highest BCUT2D eigenvalue weighted by Crippen LogP contribution is 2.47. The highest BCUT2D eigenvalue weighted by atomic mass is 32.1. The van der Waals surface area contributed by atoms with E-state index >= 15 is 0 Å². The van der Waals surface area contributed by atoms with E-state index in [-0.39, 0.29) is 30.1 Å². The molecule has 1 unspecified atom stereocenters. The van der Waals surface area contributed by atoms with Gasteiger partial charge in [0.05, 0.1) is 11.2 Å². The SMILES string of the molecule is CC1CC(C)(C)CC(OOC(C)(C)C)(OOC(C)(C)C)C1.S. The minimum Gasteiger partial charge on any atom is -0.228 e. The molecule has 4 nitrogen and oxygen atoms in total. The van der Waals surface area contributed by atoms with E-state index in [0.717, 1.165) is 19.3 Å². The molecule has 1 aliphatic carbocycles. The van der Waals surface area contributed by atoms with Gasteiger partial charge in [0, 0.05) is 12.8 Å². The van der Waals surface area contributed by atoms with Crippen molar-refractivity contribution in [3.05, 3.63) is 0 Å². The summed E-state index contributed by atoms with van der Waals surface area (Å²) in [4.78, 5) is 22.7. The van der Waals surface area contributed by atoms with E-state index in [1.54, 1.807) is 0 Å². The Morgan fingerprint density at radius 1 is 0.818 bits per heavy atom. The monoisotopic (exact) mass is 336 g/mol. The van der Waals surface area contributed by atoms with Gasteiger partial charge in [-0.2, -0.15) is 23.3 Å². The van der Waals surface area contributed by atoms with Crippen LogP contribution in [0.25, 0.3) is 0 Å². The molecule has 0 aromatic heterocycles. The lowest BCUT2D eigenvalue weighted by Gasteiger charge is -2.46. The second-order valence-electron chi connectivity index (χ2n) is 9.32. The van der Waals surface area contributed by atoms with E-state index in [1.165, 1.54) is 0 Å². The molecule has 0 heterocycles. The summed E-state index contributed by atoms with van der Waals surface area (Å²) in [7, 11) is 0. The van der Waals surface area contributed by atoms with Crippen LogP contribution >= 0.6 is 13.5 Å². The van der Waals surface area contributed by atoms with Gasteiger partial charge >= 0.3 is 0 Å². The van der Waals surface area contributed by atoms with Crippen LogP contribution in [0, 0.1) is 11.3 Å². The lowest BCUT2D eigenvalue weighted by atomic mass is 9.70. The van der Waals surface area contributed by atoms with Crippen LogP contribution in [0.4, 0.5) is 0 Å². The van der Waals surface area contributed by atoms with E-state index in [0.29, 0.717) is 5.92 Å². The van der Waals surface area contributed by atoms with Crippen molar-refractivity contribution in [2.24, 2.45) is 11.3 Å². The summed E-state index contributed by atoms with van der Waals surface area (Å²) in [6, 6.07) is 0. The Hall–Kier alpha value is 0.190. The van der Waals surface area contributed by atoms with Crippen molar-refractivity contribution in [2.45, 2.75) is 98.6 Å². The first kappa shape index (κ1) is 22.2. The van der Waals surface area contributed by atoms with Gasteiger partial charge in [0.25, 0.3) is 0 Å². The molecule has 1 fully saturated rings. The van der Waals surface area contributed by atoms with Crippen LogP contribution in [0.1, 0.15) is 81.6 Å². The largest absolute Gasteiger partial charge is 0.234 e. The average molecular weight is 337 g/mol. The molecule has 1 saturated carbocycles. The minimum absolute atomic E-state index is 0. The number of hydrogen-bond acceptors (Lipinski definition) is 4. The standard InChI is InChI=1S/C17H34O4.H2S/c1-13-10-16(8,9)12-17(11-13,20-18-14(2,3)4)21-19-15(5,6)7;/h13H,10-12H2,1-9H3;1H2. The molecule has 0 aliphatic heterocycles. The van der Waals surface area contributed by atoms with E-state index < -0.39 is 5.79 Å². The zero-order valence-corrected chi connectivity index (χ0v) is 16.8. The fourth-order valence-corrected chi connectivity index (χ4v) is 2.96. The first-order valence-electron chi connectivity index (χ1n) is 7.96. The molecule has 0 N–H and O–H groups in total. The van der Waals surface area contributed by atoms with Gasteiger partial charge in [0.15, 0.2) is 0 Å². The van der Waals surface area contributed by atoms with Gasteiger partial charge in [-0.1, -0.05) is 20.8 Å². The summed E-state index contributed by atoms with van der Waals surface area (Å²) in [5, 5.41) is 0. The summed E-state index contributed by atoms with van der Waals surface area (Å²) in [5.41, 5.74) is -0.647. The molecular weight excluding hydrogens is 300 g/mol. The zero-order valence-electron chi connectivity index (χ0n) is 15.8. The van der Waals surface area contributed by atoms with Crippen LogP contribution in [0.15, 0.2) is 0 Å². The van der Waals surface area contributed by atoms with E-state index in [9.17, 15) is 0 Å². The molecule has 0 aromatic rings. The maximum atomic E-state index is 5.79. The topological polar surface area (TPSA) is 36.9 Å². The lowest BCUT2D eigenvalue weighted by molar-refractivity contribution is -0.551. The van der Waals surface area contributed by atoms with Crippen LogP contribution in [-0.2, 0) is 19.6 Å². The Balaban J connectivity index is 0.00000441. The predicted molar refractivity (Wildman–Crippen MR) is 93.8 cm³/mol. The summed E-state index contributed by atoms with van der Waals surface area (Å²) in [6.45, 7) is 18.5. The normalized spacial score (nSPS) is 24.7. The Bertz CT molecular complexity index is 324. The van der Waals surface area contributed by atoms with E-state index in [4.69, 9.17) is 19.6 Å². The Morgan fingerprint density at radius 3 is 1.55 bits per heavy atom. The smallest absolute Gasteiger partial charge is 0.228 e. The quantitative estimate of drug-likeness (QED) is 0.405. The molecule has 5 heteroatoms. The lowest BCUT2D eigenvalue weighted by Crippen LogP contribution is -2.48. The zero-order chi connectivity index (χ0) is 16.5. The number of rotatable bonds is 4. The van der Waals surface area contributed by atoms with E-state index in [2.05, 4.69) is 20.8 Å². The van der Waals surface area contributed by atoms with Crippen molar-refractivity contribution in [3.8, 4) is 0 Å². The molecule has 0 spiro atoms. The van der Waals surface area contributed by atoms with Crippen LogP contribution in [-0.4, -0.2) is 17.0 Å². The molecule has 0 bridgehead atoms. The van der Waals surface area contributed by atoms with Gasteiger partial charge < -0.3 is 0 Å². The van der Waals surface area contributed by atoms with Crippen LogP contribution in [0.3, 0.4) is 0 Å². The molecule has 0 saturated heterocycles. The van der Waals surface area contributed by atoms with Gasteiger partial charge in [-0.25, -0.2) is 9.78 Å². The predicted octanol–water partition coefficient (Wildman–Crippen LogP) is 5.14. The minimum atomic E-state index is -0.846. The third kappa shape index (κ3) is 8.16. The van der Waals surface area contributed by atoms with Crippen molar-refractivity contribution in [1.29, 1.82) is 0 Å². The van der Waals surface area contributed by atoms with E-state index in [1.807, 2.05) is 41.5 Å². The Morgan fingerprint density at radius 2 is 1.23 bits per heavy atom. The molecule has 1 aliphatic rings. The van der Waals surface area contributed by atoms with Crippen LogP contribution < -0.4 is 0 Å². The molecule has 134 valence electrons. The third-order valence-electron chi connectivity index (χ3n) is 3.20. The van der Waals surface area contributed by atoms with Gasteiger partial charge in [-0.15, -0.1) is 0 Å². The van der Waals surface area contributed by atoms with Crippen molar-refractivity contribution in [1.82, 2.24) is 0 Å². The number of hydrogen-bond donors (Lipinski definition) is 0. The second kappa shape index (κ2) is 7.39. The first-order chi connectivity index (χ1) is 9.22. The molecule has 1 rings (SSSR count). The average Bonchev–Trinajstić information content (AvgIpc) is 2.19. The molecule has 0 amide bonds. The fourth-order valence-electron chi connectivity index (χ4n) is 2.96. The summed E-state index contributed by atoms with van der Waals surface area (Å²) < 4.78 is 0. The summed E-state index contributed by atoms with van der Waals surface area (Å²) >= 11 is 0. The summed E-state index contributed by atoms with van der Waals surface area (Å²) in [5.74, 6) is -0.359. The van der Waals surface area contributed by atoms with Crippen molar-refractivity contribution < 1.29 is 19.6 Å². The highest BCUT2D eigenvalue weighted by molar-refractivity contribution is 7.59. The van der Waals surface area contributed by atoms with Crippen LogP contribution in [0.2, 0.25) is 0 Å². The highest BCUT2D eigenvalue weighted by Gasteiger charge is 2.48. The molecular formula is C17H36O4S. The van der Waals surface area contributed by atoms with Crippen LogP contribution in [0.5, 0.6) is 0 Å². The second-order valence-corrected chi connectivity index (χ2v) is 9.32. The Labute approximate surface area is 143 Å². The fraction of sp³-hybridized carbons (Fsp3) is 1.00. The molecule has 0 aromatic carbocycles. The molecule has 0 radical (unpaired) electrons. The first-order valence-corrected chi connectivity index (χ1v) is 7.96. The van der Waals surface area contributed by atoms with Gasteiger partial charge in [0.1, 0.15) is 0 Å². The maximum Gasteiger partial charge on any atom is 0.234 e. The van der Waals surface area contributed by atoms with Gasteiger partial charge in [0.2, 0.25) is 5.79 Å². The third-order valence-corrected chi connectivity index (χ3v) is 3.20.